The second-order valence-corrected chi connectivity index (χ2v) is 3.42. The van der Waals surface area contributed by atoms with Crippen LogP contribution in [0.3, 0.4) is 0 Å². The molecule has 1 aliphatic heterocycles. The van der Waals surface area contributed by atoms with E-state index < -0.39 is 0 Å². The fraction of sp³-hybridized carbons (Fsp3) is 0.200. The molecule has 0 atom stereocenters. The van der Waals surface area contributed by atoms with E-state index in [-0.39, 0.29) is 0 Å². The minimum Gasteiger partial charge on any atom is -0.354 e. The maximum Gasteiger partial charge on any atom is 0.196 e. The maximum absolute atomic E-state index is 4.41. The highest BCUT2D eigenvalue weighted by Crippen LogP contribution is 2.17. The Bertz CT molecular complexity index is 505. The molecule has 0 unspecified atom stereocenters. The molecule has 0 saturated carbocycles. The molecule has 0 spiro atoms. The third kappa shape index (κ3) is 1.52. The zero-order valence-electron chi connectivity index (χ0n) is 8.12. The smallest absolute Gasteiger partial charge is 0.196 e. The van der Waals surface area contributed by atoms with Crippen LogP contribution in [0.1, 0.15) is 0 Å². The Morgan fingerprint density at radius 3 is 3.00 bits per heavy atom. The van der Waals surface area contributed by atoms with Crippen molar-refractivity contribution in [3.05, 3.63) is 24.5 Å². The van der Waals surface area contributed by atoms with E-state index in [0.717, 1.165) is 35.8 Å². The zero-order valence-corrected chi connectivity index (χ0v) is 8.12. The fourth-order valence-corrected chi connectivity index (χ4v) is 1.62. The van der Waals surface area contributed by atoms with Crippen molar-refractivity contribution in [1.29, 1.82) is 0 Å². The van der Waals surface area contributed by atoms with Gasteiger partial charge < -0.3 is 15.6 Å². The van der Waals surface area contributed by atoms with Gasteiger partial charge in [-0.05, 0) is 12.1 Å². The van der Waals surface area contributed by atoms with E-state index in [1.54, 1.807) is 6.20 Å². The van der Waals surface area contributed by atoms with Crippen LogP contribution in [-0.2, 0) is 0 Å². The molecule has 1 aliphatic rings. The van der Waals surface area contributed by atoms with Crippen LogP contribution in [0, 0.1) is 0 Å². The van der Waals surface area contributed by atoms with Gasteiger partial charge in [-0.1, -0.05) is 0 Å². The summed E-state index contributed by atoms with van der Waals surface area (Å²) in [7, 11) is 0. The number of hydrogen-bond donors (Lipinski definition) is 3. The van der Waals surface area contributed by atoms with Crippen molar-refractivity contribution >= 4 is 22.7 Å². The van der Waals surface area contributed by atoms with E-state index in [0.29, 0.717) is 0 Å². The number of fused-ring (bicyclic) bond motifs is 1. The summed E-state index contributed by atoms with van der Waals surface area (Å²) >= 11 is 0. The van der Waals surface area contributed by atoms with Crippen LogP contribution in [0.4, 0.5) is 5.69 Å². The van der Waals surface area contributed by atoms with Crippen molar-refractivity contribution in [3.63, 3.8) is 0 Å². The maximum atomic E-state index is 4.41. The van der Waals surface area contributed by atoms with E-state index in [1.165, 1.54) is 0 Å². The largest absolute Gasteiger partial charge is 0.354 e. The van der Waals surface area contributed by atoms with Gasteiger partial charge in [0.2, 0.25) is 0 Å². The highest BCUT2D eigenvalue weighted by Gasteiger charge is 2.05. The van der Waals surface area contributed by atoms with Crippen LogP contribution in [0.2, 0.25) is 0 Å². The molecule has 1 saturated heterocycles. The van der Waals surface area contributed by atoms with Crippen molar-refractivity contribution in [2.24, 2.45) is 4.99 Å². The Morgan fingerprint density at radius 2 is 2.13 bits per heavy atom. The molecule has 1 fully saturated rings. The van der Waals surface area contributed by atoms with Crippen LogP contribution in [0.25, 0.3) is 11.0 Å². The molecule has 76 valence electrons. The number of hydrogen-bond acceptors (Lipinski definition) is 2. The summed E-state index contributed by atoms with van der Waals surface area (Å²) in [5.74, 6) is 0.826. The summed E-state index contributed by atoms with van der Waals surface area (Å²) in [6.45, 7) is 1.86. The number of aromatic nitrogens is 2. The van der Waals surface area contributed by atoms with Gasteiger partial charge in [0.05, 0.1) is 11.9 Å². The molecule has 0 amide bonds. The van der Waals surface area contributed by atoms with Gasteiger partial charge in [0.15, 0.2) is 5.96 Å². The van der Waals surface area contributed by atoms with Crippen LogP contribution < -0.4 is 10.6 Å². The average molecular weight is 201 g/mol. The Labute approximate surface area is 86.6 Å². The molecule has 0 radical (unpaired) electrons. The fourth-order valence-electron chi connectivity index (χ4n) is 1.62. The molecule has 3 N–H and O–H groups in total. The second-order valence-electron chi connectivity index (χ2n) is 3.42. The lowest BCUT2D eigenvalue weighted by Crippen LogP contribution is -2.23. The Morgan fingerprint density at radius 1 is 1.27 bits per heavy atom. The first-order valence-corrected chi connectivity index (χ1v) is 4.91. The minimum absolute atomic E-state index is 0.826. The number of nitrogens with zero attached hydrogens (tertiary/aromatic N) is 2. The predicted octanol–water partition coefficient (Wildman–Crippen LogP) is 0.743. The van der Waals surface area contributed by atoms with Gasteiger partial charge in [-0.25, -0.2) is 9.98 Å². The van der Waals surface area contributed by atoms with Gasteiger partial charge in [-0.3, -0.25) is 0 Å². The number of nitrogens with one attached hydrogen (secondary N) is 3. The van der Waals surface area contributed by atoms with Gasteiger partial charge in [0.25, 0.3) is 0 Å². The minimum atomic E-state index is 0.826. The normalized spacial score (nSPS) is 15.1. The van der Waals surface area contributed by atoms with Crippen molar-refractivity contribution in [2.75, 3.05) is 13.1 Å². The lowest BCUT2D eigenvalue weighted by Gasteiger charge is -1.98. The van der Waals surface area contributed by atoms with Crippen LogP contribution >= 0.6 is 0 Å². The molecule has 0 bridgehead atoms. The van der Waals surface area contributed by atoms with Crippen LogP contribution in [0.5, 0.6) is 0 Å². The van der Waals surface area contributed by atoms with Crippen molar-refractivity contribution in [2.45, 2.75) is 0 Å². The zero-order chi connectivity index (χ0) is 10.1. The summed E-state index contributed by atoms with van der Waals surface area (Å²) in [6, 6.07) is 4.00. The highest BCUT2D eigenvalue weighted by molar-refractivity contribution is 5.86. The van der Waals surface area contributed by atoms with Gasteiger partial charge >= 0.3 is 0 Å². The van der Waals surface area contributed by atoms with Gasteiger partial charge in [-0.2, -0.15) is 0 Å². The average Bonchev–Trinajstić information content (AvgIpc) is 2.87. The topological polar surface area (TPSA) is 65.1 Å². The number of pyridine rings is 1. The molecule has 5 heteroatoms. The first-order chi connectivity index (χ1) is 7.42. The van der Waals surface area contributed by atoms with E-state index in [4.69, 9.17) is 0 Å². The van der Waals surface area contributed by atoms with E-state index in [9.17, 15) is 0 Å². The number of H-pyrrole nitrogens is 1. The third-order valence-electron chi connectivity index (χ3n) is 2.34. The van der Waals surface area contributed by atoms with Crippen molar-refractivity contribution in [1.82, 2.24) is 20.6 Å². The summed E-state index contributed by atoms with van der Waals surface area (Å²) < 4.78 is 0. The molecule has 2 aromatic heterocycles. The van der Waals surface area contributed by atoms with Crippen LogP contribution in [-0.4, -0.2) is 29.0 Å². The van der Waals surface area contributed by atoms with Gasteiger partial charge in [-0.15, -0.1) is 0 Å². The quantitative estimate of drug-likeness (QED) is 0.637. The third-order valence-corrected chi connectivity index (χ3v) is 2.34. The molecule has 0 aromatic carbocycles. The first-order valence-electron chi connectivity index (χ1n) is 4.91. The van der Waals surface area contributed by atoms with E-state index in [2.05, 4.69) is 25.6 Å². The lowest BCUT2D eigenvalue weighted by molar-refractivity contribution is 0.942. The van der Waals surface area contributed by atoms with Gasteiger partial charge in [0.1, 0.15) is 5.65 Å². The monoisotopic (exact) mass is 201 g/mol. The molecular weight excluding hydrogens is 190 g/mol. The molecule has 0 aliphatic carbocycles. The summed E-state index contributed by atoms with van der Waals surface area (Å²) in [6.07, 6.45) is 3.63. The summed E-state index contributed by atoms with van der Waals surface area (Å²) in [5.41, 5.74) is 1.75. The number of guanidine groups is 1. The molecule has 2 aromatic rings. The molecule has 3 rings (SSSR count). The molecule has 5 nitrogen and oxygen atoms in total. The first kappa shape index (κ1) is 8.28. The van der Waals surface area contributed by atoms with Crippen LogP contribution in [0.15, 0.2) is 29.5 Å². The number of rotatable bonds is 1. The number of aliphatic imine (C=N–C) groups is 1. The predicted molar refractivity (Wildman–Crippen MR) is 59.2 cm³/mol. The molecule has 3 heterocycles. The summed E-state index contributed by atoms with van der Waals surface area (Å²) in [4.78, 5) is 11.7. The lowest BCUT2D eigenvalue weighted by atomic mass is 10.3. The highest BCUT2D eigenvalue weighted by atomic mass is 15.2. The molecular formula is C10H11N5. The van der Waals surface area contributed by atoms with Crippen molar-refractivity contribution in [3.8, 4) is 0 Å². The Kier molecular flexibility index (Phi) is 1.81. The van der Waals surface area contributed by atoms with Gasteiger partial charge in [0, 0.05) is 24.7 Å². The standard InChI is InChI=1S/C10H11N5/c1-2-11-9-7(1)5-8(6-14-9)15-10-12-3-4-13-10/h1-2,5-6H,3-4H2,(H,11,14)(H2,12,13,15). The SMILES string of the molecule is c1cc2cc(N=C3NCCN3)cnc2[nH]1. The van der Waals surface area contributed by atoms with Crippen molar-refractivity contribution < 1.29 is 0 Å². The Hall–Kier alpha value is -2.04. The van der Waals surface area contributed by atoms with E-state index >= 15 is 0 Å². The second kappa shape index (κ2) is 3.27. The Balaban J connectivity index is 2.00. The summed E-state index contributed by atoms with van der Waals surface area (Å²) in [5, 5.41) is 7.38. The number of aromatic amines is 1. The molecule has 15 heavy (non-hydrogen) atoms. The van der Waals surface area contributed by atoms with E-state index in [1.807, 2.05) is 18.3 Å².